The number of nitrogens with zero attached hydrogens (tertiary/aromatic N) is 4. The second-order valence-electron chi connectivity index (χ2n) is 8.93. The minimum absolute atomic E-state index is 0.0499. The highest BCUT2D eigenvalue weighted by atomic mass is 16.5. The molecular formula is C26H33N5O2. The molecule has 33 heavy (non-hydrogen) atoms. The number of amides is 1. The number of guanidine groups is 1. The van der Waals surface area contributed by atoms with Gasteiger partial charge in [0.15, 0.2) is 5.96 Å². The lowest BCUT2D eigenvalue weighted by Gasteiger charge is -2.36. The number of morpholine rings is 1. The second kappa shape index (κ2) is 9.93. The zero-order chi connectivity index (χ0) is 22.6. The van der Waals surface area contributed by atoms with E-state index in [1.165, 1.54) is 11.1 Å². The molecule has 1 N–H and O–H groups in total. The van der Waals surface area contributed by atoms with Crippen molar-refractivity contribution < 1.29 is 9.53 Å². The molecule has 1 amide bonds. The van der Waals surface area contributed by atoms with Crippen molar-refractivity contribution in [3.63, 3.8) is 0 Å². The van der Waals surface area contributed by atoms with Crippen LogP contribution in [0, 0.1) is 0 Å². The van der Waals surface area contributed by atoms with Crippen LogP contribution in [0.15, 0.2) is 59.6 Å². The van der Waals surface area contributed by atoms with Crippen molar-refractivity contribution >= 4 is 17.6 Å². The topological polar surface area (TPSA) is 60.4 Å². The number of para-hydroxylation sites is 1. The van der Waals surface area contributed by atoms with Crippen molar-refractivity contribution in [1.82, 2.24) is 15.1 Å². The third kappa shape index (κ3) is 4.75. The summed E-state index contributed by atoms with van der Waals surface area (Å²) < 4.78 is 6.13. The summed E-state index contributed by atoms with van der Waals surface area (Å²) in [5.74, 6) is 0.852. The quantitative estimate of drug-likeness (QED) is 0.562. The van der Waals surface area contributed by atoms with Crippen LogP contribution in [0.2, 0.25) is 0 Å². The van der Waals surface area contributed by atoms with Crippen molar-refractivity contribution in [2.24, 2.45) is 4.99 Å². The van der Waals surface area contributed by atoms with E-state index < -0.39 is 0 Å². The monoisotopic (exact) mass is 447 g/mol. The van der Waals surface area contributed by atoms with Gasteiger partial charge >= 0.3 is 0 Å². The molecule has 5 rings (SSSR count). The van der Waals surface area contributed by atoms with Gasteiger partial charge in [0.25, 0.3) is 0 Å². The second-order valence-corrected chi connectivity index (χ2v) is 8.93. The van der Waals surface area contributed by atoms with Gasteiger partial charge in [0, 0.05) is 45.0 Å². The predicted octanol–water partition coefficient (Wildman–Crippen LogP) is 2.13. The third-order valence-corrected chi connectivity index (χ3v) is 6.83. The summed E-state index contributed by atoms with van der Waals surface area (Å²) in [5.41, 5.74) is 3.59. The molecule has 0 spiro atoms. The Morgan fingerprint density at radius 3 is 2.76 bits per heavy atom. The van der Waals surface area contributed by atoms with Gasteiger partial charge in [-0.2, -0.15) is 0 Å². The van der Waals surface area contributed by atoms with Crippen LogP contribution in [0.3, 0.4) is 0 Å². The van der Waals surface area contributed by atoms with E-state index in [9.17, 15) is 4.79 Å². The maximum Gasteiger partial charge on any atom is 0.248 e. The normalized spacial score (nSPS) is 22.9. The minimum Gasteiger partial charge on any atom is -0.373 e. The molecule has 7 nitrogen and oxygen atoms in total. The fourth-order valence-corrected chi connectivity index (χ4v) is 5.20. The van der Waals surface area contributed by atoms with Crippen molar-refractivity contribution in [2.75, 3.05) is 50.8 Å². The number of ether oxygens (including phenoxy) is 1. The standard InChI is InChI=1S/C26H33N5O2/c1-2-27-26(28-16-25(32)31-13-12-21-10-6-7-11-22(21)31)30-18-23-24(19-30)33-15-14-29(23)17-20-8-4-3-5-9-20/h3-11,23-24H,2,12-19H2,1H3,(H,27,28). The summed E-state index contributed by atoms with van der Waals surface area (Å²) in [5, 5.41) is 3.39. The molecule has 0 bridgehead atoms. The maximum absolute atomic E-state index is 13.0. The number of rotatable bonds is 5. The van der Waals surface area contributed by atoms with E-state index in [-0.39, 0.29) is 18.6 Å². The molecule has 0 aliphatic carbocycles. The Kier molecular flexibility index (Phi) is 6.60. The largest absolute Gasteiger partial charge is 0.373 e. The summed E-state index contributed by atoms with van der Waals surface area (Å²) in [6.07, 6.45) is 1.07. The van der Waals surface area contributed by atoms with Gasteiger partial charge in [-0.1, -0.05) is 48.5 Å². The van der Waals surface area contributed by atoms with E-state index in [2.05, 4.69) is 58.4 Å². The van der Waals surface area contributed by atoms with Crippen LogP contribution in [0.4, 0.5) is 5.69 Å². The molecule has 2 unspecified atom stereocenters. The van der Waals surface area contributed by atoms with Gasteiger partial charge in [-0.3, -0.25) is 9.69 Å². The molecular weight excluding hydrogens is 414 g/mol. The Morgan fingerprint density at radius 1 is 1.09 bits per heavy atom. The fraction of sp³-hybridized carbons (Fsp3) is 0.462. The SMILES string of the molecule is CCNC(=NCC(=O)N1CCc2ccccc21)N1CC2OCCN(Cc3ccccc3)C2C1. The van der Waals surface area contributed by atoms with E-state index >= 15 is 0 Å². The summed E-state index contributed by atoms with van der Waals surface area (Å²) in [6, 6.07) is 19.1. The number of benzene rings is 2. The van der Waals surface area contributed by atoms with Gasteiger partial charge < -0.3 is 19.9 Å². The van der Waals surface area contributed by atoms with Crippen molar-refractivity contribution in [2.45, 2.75) is 32.0 Å². The van der Waals surface area contributed by atoms with Gasteiger partial charge in [0.05, 0.1) is 18.8 Å². The molecule has 7 heteroatoms. The van der Waals surface area contributed by atoms with Crippen LogP contribution in [0.1, 0.15) is 18.1 Å². The highest BCUT2D eigenvalue weighted by Gasteiger charge is 2.41. The lowest BCUT2D eigenvalue weighted by Crippen LogP contribution is -2.50. The molecule has 174 valence electrons. The van der Waals surface area contributed by atoms with E-state index in [1.54, 1.807) is 0 Å². The summed E-state index contributed by atoms with van der Waals surface area (Å²) in [6.45, 7) is 7.98. The van der Waals surface area contributed by atoms with Gasteiger partial charge in [-0.15, -0.1) is 0 Å². The fourth-order valence-electron chi connectivity index (χ4n) is 5.20. The maximum atomic E-state index is 13.0. The van der Waals surface area contributed by atoms with Crippen molar-refractivity contribution in [3.8, 4) is 0 Å². The molecule has 2 aromatic carbocycles. The predicted molar refractivity (Wildman–Crippen MR) is 130 cm³/mol. The van der Waals surface area contributed by atoms with Gasteiger partial charge in [0.1, 0.15) is 6.54 Å². The Morgan fingerprint density at radius 2 is 1.91 bits per heavy atom. The van der Waals surface area contributed by atoms with Crippen molar-refractivity contribution in [3.05, 3.63) is 65.7 Å². The van der Waals surface area contributed by atoms with Crippen LogP contribution in [0.25, 0.3) is 0 Å². The number of carbonyl (C=O) groups is 1. The first-order chi connectivity index (χ1) is 16.2. The smallest absolute Gasteiger partial charge is 0.248 e. The van der Waals surface area contributed by atoms with Crippen LogP contribution in [-0.4, -0.2) is 79.7 Å². The summed E-state index contributed by atoms with van der Waals surface area (Å²) >= 11 is 0. The molecule has 2 aromatic rings. The first-order valence-corrected chi connectivity index (χ1v) is 12.0. The minimum atomic E-state index is 0.0499. The molecule has 0 saturated carbocycles. The van der Waals surface area contributed by atoms with Crippen LogP contribution >= 0.6 is 0 Å². The zero-order valence-electron chi connectivity index (χ0n) is 19.3. The Bertz CT molecular complexity index is 995. The Balaban J connectivity index is 1.26. The first-order valence-electron chi connectivity index (χ1n) is 12.0. The molecule has 3 heterocycles. The number of aliphatic imine (C=N–C) groups is 1. The Hall–Kier alpha value is -2.90. The highest BCUT2D eigenvalue weighted by Crippen LogP contribution is 2.28. The molecule has 0 aromatic heterocycles. The average molecular weight is 448 g/mol. The number of anilines is 1. The number of fused-ring (bicyclic) bond motifs is 2. The van der Waals surface area contributed by atoms with Gasteiger partial charge in [-0.05, 0) is 30.5 Å². The number of carbonyl (C=O) groups excluding carboxylic acids is 1. The zero-order valence-corrected chi connectivity index (χ0v) is 19.3. The van der Waals surface area contributed by atoms with Crippen LogP contribution in [0.5, 0.6) is 0 Å². The van der Waals surface area contributed by atoms with Crippen LogP contribution in [-0.2, 0) is 22.5 Å². The van der Waals surface area contributed by atoms with E-state index in [1.807, 2.05) is 23.1 Å². The van der Waals surface area contributed by atoms with E-state index in [0.717, 1.165) is 63.9 Å². The third-order valence-electron chi connectivity index (χ3n) is 6.83. The average Bonchev–Trinajstić information content (AvgIpc) is 3.47. The summed E-state index contributed by atoms with van der Waals surface area (Å²) in [4.78, 5) is 24.4. The molecule has 3 aliphatic rings. The molecule has 2 atom stereocenters. The molecule has 0 radical (unpaired) electrons. The first kappa shape index (κ1) is 21.9. The molecule has 2 fully saturated rings. The lowest BCUT2D eigenvalue weighted by atomic mass is 10.1. The number of hydrogen-bond donors (Lipinski definition) is 1. The van der Waals surface area contributed by atoms with Crippen LogP contribution < -0.4 is 10.2 Å². The number of likely N-dealkylation sites (tertiary alicyclic amines) is 1. The molecule has 2 saturated heterocycles. The van der Waals surface area contributed by atoms with Crippen molar-refractivity contribution in [1.29, 1.82) is 0 Å². The highest BCUT2D eigenvalue weighted by molar-refractivity contribution is 5.98. The Labute approximate surface area is 196 Å². The van der Waals surface area contributed by atoms with E-state index in [4.69, 9.17) is 9.73 Å². The number of nitrogens with one attached hydrogen (secondary N) is 1. The van der Waals surface area contributed by atoms with Gasteiger partial charge in [0.2, 0.25) is 5.91 Å². The number of hydrogen-bond acceptors (Lipinski definition) is 4. The molecule has 3 aliphatic heterocycles. The summed E-state index contributed by atoms with van der Waals surface area (Å²) in [7, 11) is 0. The lowest BCUT2D eigenvalue weighted by molar-refractivity contribution is -0.117. The van der Waals surface area contributed by atoms with E-state index in [0.29, 0.717) is 6.04 Å². The van der Waals surface area contributed by atoms with Gasteiger partial charge in [-0.25, -0.2) is 4.99 Å².